The Bertz CT molecular complexity index is 494. The summed E-state index contributed by atoms with van der Waals surface area (Å²) in [7, 11) is 1.76. The van der Waals surface area contributed by atoms with Crippen molar-refractivity contribution >= 4 is 17.1 Å². The summed E-state index contributed by atoms with van der Waals surface area (Å²) < 4.78 is 5.66. The number of carbonyl (C=O) groups excluding carboxylic acids is 1. The fraction of sp³-hybridized carbons (Fsp3) is 0.714. The molecule has 0 spiro atoms. The monoisotopic (exact) mass is 265 g/mol. The van der Waals surface area contributed by atoms with Crippen LogP contribution >= 0.6 is 11.3 Å². The maximum Gasteiger partial charge on any atom is 0.175 e. The molecule has 0 saturated heterocycles. The second-order valence-corrected chi connectivity index (χ2v) is 7.29. The first kappa shape index (κ1) is 12.3. The number of aromatic nitrogens is 1. The summed E-state index contributed by atoms with van der Waals surface area (Å²) in [6.07, 6.45) is 4.81. The number of hydrogen-bond acceptors (Lipinski definition) is 4. The molecule has 1 aromatic rings. The number of hydrogen-bond donors (Lipinski definition) is 0. The van der Waals surface area contributed by atoms with Gasteiger partial charge in [-0.25, -0.2) is 4.98 Å². The number of fused-ring (bicyclic) bond motifs is 1. The lowest BCUT2D eigenvalue weighted by Crippen LogP contribution is -2.36. The van der Waals surface area contributed by atoms with E-state index in [0.29, 0.717) is 6.42 Å². The van der Waals surface area contributed by atoms with E-state index in [4.69, 9.17) is 9.72 Å². The number of rotatable bonds is 2. The van der Waals surface area contributed by atoms with Crippen molar-refractivity contribution in [2.45, 2.75) is 51.6 Å². The van der Waals surface area contributed by atoms with Gasteiger partial charge in [-0.1, -0.05) is 13.8 Å². The summed E-state index contributed by atoms with van der Waals surface area (Å²) in [5.41, 5.74) is 0.862. The second kappa shape index (κ2) is 3.87. The molecule has 1 aromatic heterocycles. The molecule has 1 heterocycles. The first-order valence-corrected chi connectivity index (χ1v) is 7.36. The number of ketones is 1. The van der Waals surface area contributed by atoms with Crippen LogP contribution in [0, 0.1) is 5.41 Å². The molecule has 1 saturated carbocycles. The molecule has 0 aromatic carbocycles. The molecule has 0 atom stereocenters. The van der Waals surface area contributed by atoms with Crippen molar-refractivity contribution in [1.82, 2.24) is 4.98 Å². The Morgan fingerprint density at radius 2 is 2.00 bits per heavy atom. The zero-order valence-corrected chi connectivity index (χ0v) is 12.0. The molecule has 4 heteroatoms. The molecule has 1 fully saturated rings. The van der Waals surface area contributed by atoms with E-state index in [1.54, 1.807) is 18.4 Å². The summed E-state index contributed by atoms with van der Waals surface area (Å²) in [6, 6.07) is 0. The van der Waals surface area contributed by atoms with E-state index in [9.17, 15) is 4.79 Å². The standard InChI is InChI=1S/C14H19NO2S/c1-13(2)7-9-11(10(16)8-13)18-12(15-9)14(17-3)5-4-6-14/h4-8H2,1-3H3. The molecular formula is C14H19NO2S. The molecule has 98 valence electrons. The van der Waals surface area contributed by atoms with Crippen LogP contribution in [0.15, 0.2) is 0 Å². The second-order valence-electron chi connectivity index (χ2n) is 6.29. The van der Waals surface area contributed by atoms with Gasteiger partial charge in [-0.15, -0.1) is 11.3 Å². The SMILES string of the molecule is COC1(c2nc3c(s2)C(=O)CC(C)(C)C3)CCC1. The Kier molecular flexibility index (Phi) is 2.65. The first-order valence-electron chi connectivity index (χ1n) is 6.54. The number of thiazole rings is 1. The van der Waals surface area contributed by atoms with Gasteiger partial charge in [0.15, 0.2) is 5.78 Å². The van der Waals surface area contributed by atoms with E-state index in [0.717, 1.165) is 34.8 Å². The van der Waals surface area contributed by atoms with Crippen LogP contribution in [0.2, 0.25) is 0 Å². The minimum Gasteiger partial charge on any atom is -0.371 e. The molecule has 0 amide bonds. The number of methoxy groups -OCH3 is 1. The van der Waals surface area contributed by atoms with Gasteiger partial charge in [-0.3, -0.25) is 4.79 Å². The Hall–Kier alpha value is -0.740. The Morgan fingerprint density at radius 1 is 1.28 bits per heavy atom. The highest BCUT2D eigenvalue weighted by atomic mass is 32.1. The largest absolute Gasteiger partial charge is 0.371 e. The van der Waals surface area contributed by atoms with Gasteiger partial charge in [0.25, 0.3) is 0 Å². The summed E-state index contributed by atoms with van der Waals surface area (Å²) in [6.45, 7) is 4.28. The molecule has 0 unspecified atom stereocenters. The smallest absolute Gasteiger partial charge is 0.175 e. The van der Waals surface area contributed by atoms with Crippen LogP contribution in [0.1, 0.15) is 59.9 Å². The molecule has 0 aliphatic heterocycles. The van der Waals surface area contributed by atoms with E-state index in [-0.39, 0.29) is 16.8 Å². The fourth-order valence-corrected chi connectivity index (χ4v) is 4.16. The summed E-state index contributed by atoms with van der Waals surface area (Å²) in [4.78, 5) is 17.8. The molecule has 0 radical (unpaired) electrons. The topological polar surface area (TPSA) is 39.2 Å². The van der Waals surface area contributed by atoms with Gasteiger partial charge >= 0.3 is 0 Å². The molecule has 3 nitrogen and oxygen atoms in total. The minimum atomic E-state index is -0.188. The van der Waals surface area contributed by atoms with Gasteiger partial charge in [0.1, 0.15) is 10.6 Å². The third-order valence-electron chi connectivity index (χ3n) is 4.18. The zero-order chi connectivity index (χ0) is 13.0. The van der Waals surface area contributed by atoms with Crippen molar-refractivity contribution in [3.8, 4) is 0 Å². The van der Waals surface area contributed by atoms with Crippen molar-refractivity contribution < 1.29 is 9.53 Å². The summed E-state index contributed by atoms with van der Waals surface area (Å²) in [5, 5.41) is 1.02. The van der Waals surface area contributed by atoms with E-state index < -0.39 is 0 Å². The summed E-state index contributed by atoms with van der Waals surface area (Å²) in [5.74, 6) is 0.260. The summed E-state index contributed by atoms with van der Waals surface area (Å²) >= 11 is 1.57. The molecule has 2 aliphatic rings. The average molecular weight is 265 g/mol. The highest BCUT2D eigenvalue weighted by molar-refractivity contribution is 7.14. The van der Waals surface area contributed by atoms with E-state index in [1.807, 2.05) is 0 Å². The third kappa shape index (κ3) is 1.74. The normalized spacial score (nSPS) is 24.5. The van der Waals surface area contributed by atoms with Gasteiger partial charge in [0, 0.05) is 13.5 Å². The zero-order valence-electron chi connectivity index (χ0n) is 11.2. The minimum absolute atomic E-state index is 0.0509. The third-order valence-corrected chi connectivity index (χ3v) is 5.50. The maximum atomic E-state index is 12.2. The highest BCUT2D eigenvalue weighted by Crippen LogP contribution is 2.48. The van der Waals surface area contributed by atoms with Gasteiger partial charge in [-0.05, 0) is 31.1 Å². The van der Waals surface area contributed by atoms with E-state index in [1.165, 1.54) is 6.42 Å². The first-order chi connectivity index (χ1) is 8.46. The Balaban J connectivity index is 2.00. The number of Topliss-reactive ketones (excluding diaryl/α,β-unsaturated/α-hetero) is 1. The van der Waals surface area contributed by atoms with Crippen molar-refractivity contribution in [2.75, 3.05) is 7.11 Å². The molecule has 18 heavy (non-hydrogen) atoms. The van der Waals surface area contributed by atoms with Crippen LogP contribution in [0.3, 0.4) is 0 Å². The lowest BCUT2D eigenvalue weighted by Gasteiger charge is -2.38. The van der Waals surface area contributed by atoms with Crippen molar-refractivity contribution in [3.05, 3.63) is 15.6 Å². The van der Waals surface area contributed by atoms with Gasteiger partial charge in [0.05, 0.1) is 10.6 Å². The lowest BCUT2D eigenvalue weighted by molar-refractivity contribution is -0.0780. The molecule has 0 N–H and O–H groups in total. The van der Waals surface area contributed by atoms with Gasteiger partial charge in [0.2, 0.25) is 0 Å². The van der Waals surface area contributed by atoms with Crippen LogP contribution < -0.4 is 0 Å². The predicted molar refractivity (Wildman–Crippen MR) is 71.1 cm³/mol. The van der Waals surface area contributed by atoms with Gasteiger partial charge < -0.3 is 4.74 Å². The van der Waals surface area contributed by atoms with E-state index in [2.05, 4.69) is 13.8 Å². The Morgan fingerprint density at radius 3 is 2.56 bits per heavy atom. The van der Waals surface area contributed by atoms with Crippen LogP contribution in [-0.4, -0.2) is 17.9 Å². The van der Waals surface area contributed by atoms with Crippen molar-refractivity contribution in [2.24, 2.45) is 5.41 Å². The number of ether oxygens (including phenoxy) is 1. The van der Waals surface area contributed by atoms with Crippen LogP contribution in [0.5, 0.6) is 0 Å². The van der Waals surface area contributed by atoms with Crippen LogP contribution in [-0.2, 0) is 16.8 Å². The van der Waals surface area contributed by atoms with E-state index >= 15 is 0 Å². The number of carbonyl (C=O) groups is 1. The predicted octanol–water partition coefficient (Wildman–Crippen LogP) is 3.32. The fourth-order valence-electron chi connectivity index (χ4n) is 2.92. The van der Waals surface area contributed by atoms with Crippen LogP contribution in [0.4, 0.5) is 0 Å². The highest BCUT2D eigenvalue weighted by Gasteiger charge is 2.44. The molecule has 0 bridgehead atoms. The maximum absolute atomic E-state index is 12.2. The quantitative estimate of drug-likeness (QED) is 0.823. The van der Waals surface area contributed by atoms with Crippen molar-refractivity contribution in [3.63, 3.8) is 0 Å². The average Bonchev–Trinajstić information content (AvgIpc) is 2.59. The Labute approximate surface area is 112 Å². The number of nitrogens with zero attached hydrogens (tertiary/aromatic N) is 1. The molecule has 3 rings (SSSR count). The lowest BCUT2D eigenvalue weighted by atomic mass is 9.78. The molecular weight excluding hydrogens is 246 g/mol. The van der Waals surface area contributed by atoms with Crippen molar-refractivity contribution in [1.29, 1.82) is 0 Å². The van der Waals surface area contributed by atoms with Crippen LogP contribution in [0.25, 0.3) is 0 Å². The molecule has 2 aliphatic carbocycles. The van der Waals surface area contributed by atoms with Gasteiger partial charge in [-0.2, -0.15) is 0 Å².